The van der Waals surface area contributed by atoms with Gasteiger partial charge in [0.15, 0.2) is 0 Å². The molecule has 0 bridgehead atoms. The Balaban J connectivity index is 0.00000162. The van der Waals surface area contributed by atoms with Crippen LogP contribution >= 0.6 is 23.7 Å². The van der Waals surface area contributed by atoms with Crippen molar-refractivity contribution in [1.82, 2.24) is 5.32 Å². The summed E-state index contributed by atoms with van der Waals surface area (Å²) in [6.07, 6.45) is 2.40. The molecule has 1 nitrogen and oxygen atoms in total. The zero-order chi connectivity index (χ0) is 11.9. The first-order valence-corrected chi connectivity index (χ1v) is 7.09. The molecule has 98 valence electrons. The van der Waals surface area contributed by atoms with E-state index in [0.717, 1.165) is 6.54 Å². The Morgan fingerprint density at radius 3 is 2.50 bits per heavy atom. The molecule has 0 fully saturated rings. The van der Waals surface area contributed by atoms with Crippen LogP contribution in [0.1, 0.15) is 36.2 Å². The maximum Gasteiger partial charge on any atom is 0.0323 e. The number of hydrogen-bond donors (Lipinski definition) is 1. The van der Waals surface area contributed by atoms with Crippen LogP contribution in [-0.2, 0) is 6.54 Å². The fourth-order valence-corrected chi connectivity index (χ4v) is 2.65. The van der Waals surface area contributed by atoms with Crippen LogP contribution in [-0.4, -0.2) is 0 Å². The van der Waals surface area contributed by atoms with Gasteiger partial charge in [-0.25, -0.2) is 0 Å². The van der Waals surface area contributed by atoms with Crippen LogP contribution in [0.5, 0.6) is 0 Å². The van der Waals surface area contributed by atoms with E-state index in [1.807, 2.05) is 11.3 Å². The van der Waals surface area contributed by atoms with Gasteiger partial charge < -0.3 is 5.32 Å². The highest BCUT2D eigenvalue weighted by atomic mass is 35.5. The molecule has 0 spiro atoms. The maximum atomic E-state index is 3.65. The Morgan fingerprint density at radius 2 is 1.89 bits per heavy atom. The quantitative estimate of drug-likeness (QED) is 0.802. The van der Waals surface area contributed by atoms with Crippen molar-refractivity contribution >= 4 is 23.7 Å². The van der Waals surface area contributed by atoms with Crippen LogP contribution < -0.4 is 5.32 Å². The van der Waals surface area contributed by atoms with E-state index in [4.69, 9.17) is 0 Å². The minimum absolute atomic E-state index is 0. The standard InChI is InChI=1S/C15H19NS.ClH/c1-2-7-15(13-8-4-3-5-9-13)16-12-14-10-6-11-17-14;/h3-6,8-11,15-16H,2,7,12H2,1H3;1H. The van der Waals surface area contributed by atoms with Gasteiger partial charge in [-0.05, 0) is 23.4 Å². The zero-order valence-electron chi connectivity index (χ0n) is 10.6. The summed E-state index contributed by atoms with van der Waals surface area (Å²) >= 11 is 1.82. The molecule has 18 heavy (non-hydrogen) atoms. The van der Waals surface area contributed by atoms with Gasteiger partial charge in [0.1, 0.15) is 0 Å². The van der Waals surface area contributed by atoms with Crippen LogP contribution in [0.25, 0.3) is 0 Å². The van der Waals surface area contributed by atoms with E-state index in [0.29, 0.717) is 6.04 Å². The summed E-state index contributed by atoms with van der Waals surface area (Å²) in [5, 5.41) is 5.78. The summed E-state index contributed by atoms with van der Waals surface area (Å²) < 4.78 is 0. The maximum absolute atomic E-state index is 3.65. The lowest BCUT2D eigenvalue weighted by molar-refractivity contribution is 0.496. The summed E-state index contributed by atoms with van der Waals surface area (Å²) in [5.74, 6) is 0. The highest BCUT2D eigenvalue weighted by Crippen LogP contribution is 2.19. The van der Waals surface area contributed by atoms with Crippen molar-refractivity contribution in [2.45, 2.75) is 32.4 Å². The Hall–Kier alpha value is -0.830. The molecule has 2 rings (SSSR count). The van der Waals surface area contributed by atoms with Crippen molar-refractivity contribution < 1.29 is 0 Å². The van der Waals surface area contributed by atoms with Gasteiger partial charge in [0.25, 0.3) is 0 Å². The van der Waals surface area contributed by atoms with Gasteiger partial charge in [-0.1, -0.05) is 49.7 Å². The van der Waals surface area contributed by atoms with Crippen LogP contribution in [0.4, 0.5) is 0 Å². The summed E-state index contributed by atoms with van der Waals surface area (Å²) in [4.78, 5) is 1.40. The first-order chi connectivity index (χ1) is 8.40. The van der Waals surface area contributed by atoms with E-state index in [1.165, 1.54) is 23.3 Å². The molecule has 3 heteroatoms. The molecular formula is C15H20ClNS. The molecule has 1 aromatic carbocycles. The number of hydrogen-bond acceptors (Lipinski definition) is 2. The number of benzene rings is 1. The summed E-state index contributed by atoms with van der Waals surface area (Å²) in [7, 11) is 0. The topological polar surface area (TPSA) is 12.0 Å². The highest BCUT2D eigenvalue weighted by molar-refractivity contribution is 7.09. The smallest absolute Gasteiger partial charge is 0.0323 e. The van der Waals surface area contributed by atoms with Gasteiger partial charge in [0.05, 0.1) is 0 Å². The van der Waals surface area contributed by atoms with Gasteiger partial charge in [0.2, 0.25) is 0 Å². The third kappa shape index (κ3) is 4.45. The van der Waals surface area contributed by atoms with Gasteiger partial charge in [-0.2, -0.15) is 0 Å². The zero-order valence-corrected chi connectivity index (χ0v) is 12.3. The van der Waals surface area contributed by atoms with Gasteiger partial charge in [-0.15, -0.1) is 23.7 Å². The molecule has 1 N–H and O–H groups in total. The Kier molecular flexibility index (Phi) is 7.02. The van der Waals surface area contributed by atoms with Crippen LogP contribution in [0.3, 0.4) is 0 Å². The molecule has 1 atom stereocenters. The SMILES string of the molecule is CCCC(NCc1cccs1)c1ccccc1.Cl. The molecule has 2 aromatic rings. The molecular weight excluding hydrogens is 262 g/mol. The largest absolute Gasteiger partial charge is 0.305 e. The van der Waals surface area contributed by atoms with Crippen LogP contribution in [0, 0.1) is 0 Å². The van der Waals surface area contributed by atoms with Crippen molar-refractivity contribution in [2.75, 3.05) is 0 Å². The van der Waals surface area contributed by atoms with Crippen LogP contribution in [0.2, 0.25) is 0 Å². The average molecular weight is 282 g/mol. The minimum Gasteiger partial charge on any atom is -0.305 e. The van der Waals surface area contributed by atoms with Gasteiger partial charge in [-0.3, -0.25) is 0 Å². The second-order valence-corrected chi connectivity index (χ2v) is 5.24. The second-order valence-electron chi connectivity index (χ2n) is 4.21. The summed E-state index contributed by atoms with van der Waals surface area (Å²) in [6.45, 7) is 3.21. The van der Waals surface area contributed by atoms with Crippen molar-refractivity contribution in [2.24, 2.45) is 0 Å². The summed E-state index contributed by atoms with van der Waals surface area (Å²) in [5.41, 5.74) is 1.39. The lowest BCUT2D eigenvalue weighted by atomic mass is 10.0. The Bertz CT molecular complexity index is 413. The molecule has 0 radical (unpaired) electrons. The van der Waals surface area contributed by atoms with Crippen molar-refractivity contribution in [3.8, 4) is 0 Å². The molecule has 0 saturated carbocycles. The first-order valence-electron chi connectivity index (χ1n) is 6.21. The van der Waals surface area contributed by atoms with Crippen LogP contribution in [0.15, 0.2) is 47.8 Å². The van der Waals surface area contributed by atoms with Crippen molar-refractivity contribution in [3.63, 3.8) is 0 Å². The fourth-order valence-electron chi connectivity index (χ4n) is 2.00. The van der Waals surface area contributed by atoms with E-state index in [9.17, 15) is 0 Å². The van der Waals surface area contributed by atoms with Gasteiger partial charge in [0, 0.05) is 17.5 Å². The van der Waals surface area contributed by atoms with Crippen molar-refractivity contribution in [1.29, 1.82) is 0 Å². The Morgan fingerprint density at radius 1 is 1.11 bits per heavy atom. The molecule has 0 aliphatic heterocycles. The summed E-state index contributed by atoms with van der Waals surface area (Å²) in [6, 6.07) is 15.5. The number of rotatable bonds is 6. The van der Waals surface area contributed by atoms with Crippen molar-refractivity contribution in [3.05, 3.63) is 58.3 Å². The number of thiophene rings is 1. The highest BCUT2D eigenvalue weighted by Gasteiger charge is 2.09. The fraction of sp³-hybridized carbons (Fsp3) is 0.333. The Labute approximate surface area is 120 Å². The number of nitrogens with one attached hydrogen (secondary N) is 1. The molecule has 0 aliphatic rings. The third-order valence-corrected chi connectivity index (χ3v) is 3.76. The third-order valence-electron chi connectivity index (χ3n) is 2.88. The lowest BCUT2D eigenvalue weighted by Gasteiger charge is -2.18. The second kappa shape index (κ2) is 8.30. The molecule has 1 aromatic heterocycles. The minimum atomic E-state index is 0. The monoisotopic (exact) mass is 281 g/mol. The lowest BCUT2D eigenvalue weighted by Crippen LogP contribution is -2.20. The van der Waals surface area contributed by atoms with E-state index in [2.05, 4.69) is 60.1 Å². The van der Waals surface area contributed by atoms with E-state index >= 15 is 0 Å². The van der Waals surface area contributed by atoms with E-state index < -0.39 is 0 Å². The predicted octanol–water partition coefficient (Wildman–Crippen LogP) is 4.80. The molecule has 0 aliphatic carbocycles. The van der Waals surface area contributed by atoms with E-state index in [-0.39, 0.29) is 12.4 Å². The molecule has 0 amide bonds. The molecule has 1 unspecified atom stereocenters. The average Bonchev–Trinajstić information content (AvgIpc) is 2.88. The molecule has 1 heterocycles. The normalized spacial score (nSPS) is 11.8. The number of halogens is 1. The molecule has 0 saturated heterocycles. The first kappa shape index (κ1) is 15.2. The predicted molar refractivity (Wildman–Crippen MR) is 82.5 cm³/mol. The van der Waals surface area contributed by atoms with Gasteiger partial charge >= 0.3 is 0 Å². The van der Waals surface area contributed by atoms with E-state index in [1.54, 1.807) is 0 Å².